The van der Waals surface area contributed by atoms with Gasteiger partial charge in [-0.15, -0.1) is 0 Å². The van der Waals surface area contributed by atoms with E-state index in [-0.39, 0.29) is 17.4 Å². The molecule has 1 aromatic heterocycles. The summed E-state index contributed by atoms with van der Waals surface area (Å²) in [5.41, 5.74) is -0.109. The number of carbonyl (C=O) groups excluding carboxylic acids is 1. The molecule has 0 aromatic carbocycles. The Morgan fingerprint density at radius 2 is 2.10 bits per heavy atom. The summed E-state index contributed by atoms with van der Waals surface area (Å²) in [6.07, 6.45) is 1.83. The zero-order valence-electron chi connectivity index (χ0n) is 13.1. The first-order valence-electron chi connectivity index (χ1n) is 7.10. The quantitative estimate of drug-likeness (QED) is 0.790. The van der Waals surface area contributed by atoms with Gasteiger partial charge in [0.1, 0.15) is 0 Å². The van der Waals surface area contributed by atoms with Crippen molar-refractivity contribution in [2.75, 3.05) is 13.6 Å². The first-order chi connectivity index (χ1) is 9.32. The number of nitrogens with one attached hydrogen (secondary N) is 2. The average Bonchev–Trinajstić information content (AvgIpc) is 2.84. The third-order valence-electron chi connectivity index (χ3n) is 3.03. The van der Waals surface area contributed by atoms with Crippen LogP contribution in [0.15, 0.2) is 4.52 Å². The Balaban J connectivity index is 2.27. The van der Waals surface area contributed by atoms with Crippen LogP contribution >= 0.6 is 0 Å². The van der Waals surface area contributed by atoms with Crippen molar-refractivity contribution in [3.63, 3.8) is 0 Å². The first-order valence-corrected chi connectivity index (χ1v) is 7.10. The molecule has 0 aliphatic rings. The molecule has 0 spiro atoms. The second-order valence-corrected chi connectivity index (χ2v) is 6.11. The number of aryl methyl sites for hydroxylation is 1. The molecule has 1 rings (SSSR count). The molecule has 114 valence electrons. The van der Waals surface area contributed by atoms with E-state index in [0.29, 0.717) is 37.5 Å². The summed E-state index contributed by atoms with van der Waals surface area (Å²) >= 11 is 0. The van der Waals surface area contributed by atoms with E-state index in [2.05, 4.69) is 20.8 Å². The number of likely N-dealkylation sites (N-methyl/N-ethyl adjacent to an activating group) is 1. The van der Waals surface area contributed by atoms with E-state index in [9.17, 15) is 4.79 Å². The molecule has 20 heavy (non-hydrogen) atoms. The van der Waals surface area contributed by atoms with Crippen molar-refractivity contribution in [2.45, 2.75) is 58.4 Å². The van der Waals surface area contributed by atoms with Crippen LogP contribution in [0.25, 0.3) is 0 Å². The highest BCUT2D eigenvalue weighted by Gasteiger charge is 2.20. The summed E-state index contributed by atoms with van der Waals surface area (Å²) in [4.78, 5) is 16.0. The van der Waals surface area contributed by atoms with Crippen LogP contribution in [-0.2, 0) is 16.6 Å². The third-order valence-corrected chi connectivity index (χ3v) is 3.03. The van der Waals surface area contributed by atoms with Gasteiger partial charge >= 0.3 is 0 Å². The number of hydrogen-bond donors (Lipinski definition) is 2. The van der Waals surface area contributed by atoms with Gasteiger partial charge in [-0.2, -0.15) is 4.98 Å². The van der Waals surface area contributed by atoms with Crippen molar-refractivity contribution < 1.29 is 9.32 Å². The minimum absolute atomic E-state index is 0.0580. The molecule has 2 N–H and O–H groups in total. The molecule has 6 heteroatoms. The number of aromatic nitrogens is 2. The van der Waals surface area contributed by atoms with Gasteiger partial charge in [-0.3, -0.25) is 4.79 Å². The summed E-state index contributed by atoms with van der Waals surface area (Å²) in [5.74, 6) is 1.37. The largest absolute Gasteiger partial charge is 0.355 e. The second-order valence-electron chi connectivity index (χ2n) is 6.11. The van der Waals surface area contributed by atoms with Crippen LogP contribution in [0.1, 0.15) is 52.3 Å². The van der Waals surface area contributed by atoms with Crippen LogP contribution in [0.3, 0.4) is 0 Å². The molecule has 1 heterocycles. The number of hydrogen-bond acceptors (Lipinski definition) is 5. The topological polar surface area (TPSA) is 80.0 Å². The maximum Gasteiger partial charge on any atom is 0.226 e. The van der Waals surface area contributed by atoms with Crippen LogP contribution < -0.4 is 10.6 Å². The summed E-state index contributed by atoms with van der Waals surface area (Å²) in [7, 11) is 1.87. The van der Waals surface area contributed by atoms with Gasteiger partial charge in [0.05, 0.1) is 0 Å². The molecule has 0 aliphatic heterocycles. The van der Waals surface area contributed by atoms with Crippen molar-refractivity contribution in [3.05, 3.63) is 11.7 Å². The molecule has 0 saturated heterocycles. The number of rotatable bonds is 7. The van der Waals surface area contributed by atoms with Gasteiger partial charge in [0.2, 0.25) is 11.8 Å². The van der Waals surface area contributed by atoms with Gasteiger partial charge in [0.15, 0.2) is 5.82 Å². The maximum absolute atomic E-state index is 11.6. The Morgan fingerprint density at radius 3 is 2.65 bits per heavy atom. The summed E-state index contributed by atoms with van der Waals surface area (Å²) in [6, 6.07) is 0.282. The summed E-state index contributed by atoms with van der Waals surface area (Å²) in [5, 5.41) is 9.91. The Kier molecular flexibility index (Phi) is 6.13. The Morgan fingerprint density at radius 1 is 1.40 bits per heavy atom. The predicted molar refractivity (Wildman–Crippen MR) is 77.5 cm³/mol. The van der Waals surface area contributed by atoms with Crippen molar-refractivity contribution >= 4 is 5.91 Å². The second kappa shape index (κ2) is 7.38. The molecule has 0 aliphatic carbocycles. The standard InChI is InChI=1S/C14H26N4O2/c1-10(15-5)9-16-11(19)7-6-8-12-17-13(18-20-12)14(2,3)4/h10,15H,6-9H2,1-5H3,(H,16,19). The van der Waals surface area contributed by atoms with Gasteiger partial charge in [0, 0.05) is 30.8 Å². The Labute approximate surface area is 120 Å². The van der Waals surface area contributed by atoms with Crippen molar-refractivity contribution in [3.8, 4) is 0 Å². The molecule has 1 unspecified atom stereocenters. The van der Waals surface area contributed by atoms with Gasteiger partial charge in [-0.05, 0) is 20.4 Å². The lowest BCUT2D eigenvalue weighted by molar-refractivity contribution is -0.121. The van der Waals surface area contributed by atoms with Gasteiger partial charge in [0.25, 0.3) is 0 Å². The highest BCUT2D eigenvalue weighted by atomic mass is 16.5. The summed E-state index contributed by atoms with van der Waals surface area (Å²) < 4.78 is 5.19. The Hall–Kier alpha value is -1.43. The van der Waals surface area contributed by atoms with Gasteiger partial charge in [-0.25, -0.2) is 0 Å². The predicted octanol–water partition coefficient (Wildman–Crippen LogP) is 1.41. The number of amides is 1. The normalized spacial score (nSPS) is 13.2. The van der Waals surface area contributed by atoms with E-state index >= 15 is 0 Å². The van der Waals surface area contributed by atoms with Crippen molar-refractivity contribution in [1.29, 1.82) is 0 Å². The SMILES string of the molecule is CNC(C)CNC(=O)CCCc1nc(C(C)(C)C)no1. The van der Waals surface area contributed by atoms with Crippen LogP contribution in [0.4, 0.5) is 0 Å². The van der Waals surface area contributed by atoms with Crippen LogP contribution in [-0.4, -0.2) is 35.7 Å². The maximum atomic E-state index is 11.6. The van der Waals surface area contributed by atoms with Gasteiger partial charge in [-0.1, -0.05) is 25.9 Å². The monoisotopic (exact) mass is 282 g/mol. The molecule has 0 radical (unpaired) electrons. The molecule has 0 bridgehead atoms. The summed E-state index contributed by atoms with van der Waals surface area (Å²) in [6.45, 7) is 8.78. The lowest BCUT2D eigenvalue weighted by atomic mass is 9.96. The van der Waals surface area contributed by atoms with E-state index in [0.717, 1.165) is 0 Å². The lowest BCUT2D eigenvalue weighted by Crippen LogP contribution is -2.37. The third kappa shape index (κ3) is 5.69. The van der Waals surface area contributed by atoms with Crippen molar-refractivity contribution in [2.24, 2.45) is 0 Å². The van der Waals surface area contributed by atoms with E-state index in [1.54, 1.807) is 0 Å². The molecular formula is C14H26N4O2. The fraction of sp³-hybridized carbons (Fsp3) is 0.786. The molecule has 6 nitrogen and oxygen atoms in total. The molecular weight excluding hydrogens is 256 g/mol. The van der Waals surface area contributed by atoms with Crippen molar-refractivity contribution in [1.82, 2.24) is 20.8 Å². The number of carbonyl (C=O) groups is 1. The minimum Gasteiger partial charge on any atom is -0.355 e. The zero-order valence-corrected chi connectivity index (χ0v) is 13.1. The number of nitrogens with zero attached hydrogens (tertiary/aromatic N) is 2. The average molecular weight is 282 g/mol. The molecule has 1 atom stereocenters. The molecule has 0 fully saturated rings. The zero-order chi connectivity index (χ0) is 15.2. The van der Waals surface area contributed by atoms with Gasteiger partial charge < -0.3 is 15.2 Å². The molecule has 0 saturated carbocycles. The van der Waals surface area contributed by atoms with E-state index in [1.807, 2.05) is 34.7 Å². The highest BCUT2D eigenvalue weighted by molar-refractivity contribution is 5.75. The van der Waals surface area contributed by atoms with Crippen LogP contribution in [0.2, 0.25) is 0 Å². The molecule has 1 aromatic rings. The minimum atomic E-state index is -0.109. The highest BCUT2D eigenvalue weighted by Crippen LogP contribution is 2.18. The van der Waals surface area contributed by atoms with Crippen LogP contribution in [0.5, 0.6) is 0 Å². The van der Waals surface area contributed by atoms with E-state index in [4.69, 9.17) is 4.52 Å². The lowest BCUT2D eigenvalue weighted by Gasteiger charge is -2.11. The fourth-order valence-corrected chi connectivity index (χ4v) is 1.52. The van der Waals surface area contributed by atoms with E-state index in [1.165, 1.54) is 0 Å². The molecule has 1 amide bonds. The fourth-order valence-electron chi connectivity index (χ4n) is 1.52. The van der Waals surface area contributed by atoms with Crippen LogP contribution in [0, 0.1) is 0 Å². The Bertz CT molecular complexity index is 423. The van der Waals surface area contributed by atoms with E-state index < -0.39 is 0 Å². The smallest absolute Gasteiger partial charge is 0.226 e. The first kappa shape index (κ1) is 16.6.